The van der Waals surface area contributed by atoms with Crippen molar-refractivity contribution in [1.82, 2.24) is 9.62 Å². The summed E-state index contributed by atoms with van der Waals surface area (Å²) in [5.41, 5.74) is 0.835. The van der Waals surface area contributed by atoms with E-state index in [-0.39, 0.29) is 24.4 Å². The normalized spacial score (nSPS) is 32.6. The fraction of sp³-hybridized carbons (Fsp3) is 0.714. The molecular weight excluding hydrogens is 414 g/mol. The number of ether oxygens (including phenoxy) is 2. The van der Waals surface area contributed by atoms with E-state index in [1.165, 1.54) is 0 Å². The first kappa shape index (κ1) is 21.9. The molecule has 1 saturated heterocycles. The predicted octanol–water partition coefficient (Wildman–Crippen LogP) is 3.10. The molecule has 0 spiro atoms. The summed E-state index contributed by atoms with van der Waals surface area (Å²) < 4.78 is 67.8. The number of nitrogens with one attached hydrogen (secondary N) is 1. The minimum absolute atomic E-state index is 0.0678. The highest BCUT2D eigenvalue weighted by atomic mass is 32.2. The Bertz CT molecular complexity index is 843. The lowest BCUT2D eigenvalue weighted by atomic mass is 9.82. The minimum atomic E-state index is -3.46. The third kappa shape index (κ3) is 5.30. The Morgan fingerprint density at radius 3 is 2.60 bits per heavy atom. The van der Waals surface area contributed by atoms with Gasteiger partial charge in [0.1, 0.15) is 12.3 Å². The highest BCUT2D eigenvalue weighted by Gasteiger charge is 2.42. The van der Waals surface area contributed by atoms with Gasteiger partial charge >= 0.3 is 6.11 Å². The Balaban J connectivity index is 1.64. The second-order valence-electron chi connectivity index (χ2n) is 8.76. The Morgan fingerprint density at radius 2 is 1.87 bits per heavy atom. The zero-order chi connectivity index (χ0) is 21.4. The average Bonchev–Trinajstić information content (AvgIpc) is 2.67. The van der Waals surface area contributed by atoms with E-state index >= 15 is 8.78 Å². The first-order valence-electron chi connectivity index (χ1n) is 10.7. The van der Waals surface area contributed by atoms with Gasteiger partial charge < -0.3 is 9.47 Å². The second kappa shape index (κ2) is 8.68. The maximum atomic E-state index is 15.0. The number of rotatable bonds is 2. The van der Waals surface area contributed by atoms with Crippen molar-refractivity contribution in [2.45, 2.75) is 68.7 Å². The van der Waals surface area contributed by atoms with Crippen LogP contribution in [0.15, 0.2) is 24.3 Å². The molecule has 0 amide bonds. The van der Waals surface area contributed by atoms with Gasteiger partial charge in [0.05, 0.1) is 19.0 Å². The molecule has 2 bridgehead atoms. The average molecular weight is 445 g/mol. The number of piperidine rings is 1. The molecule has 1 saturated carbocycles. The molecule has 1 aromatic rings. The van der Waals surface area contributed by atoms with E-state index in [1.807, 2.05) is 12.1 Å². The third-order valence-electron chi connectivity index (χ3n) is 6.44. The van der Waals surface area contributed by atoms with Crippen molar-refractivity contribution in [3.63, 3.8) is 0 Å². The highest BCUT2D eigenvalue weighted by Crippen LogP contribution is 2.40. The van der Waals surface area contributed by atoms with E-state index < -0.39 is 34.8 Å². The van der Waals surface area contributed by atoms with Crippen LogP contribution < -0.4 is 9.46 Å². The fourth-order valence-corrected chi connectivity index (χ4v) is 5.90. The molecule has 1 N–H and O–H groups in total. The summed E-state index contributed by atoms with van der Waals surface area (Å²) >= 11 is 0. The van der Waals surface area contributed by atoms with Crippen LogP contribution in [0.1, 0.15) is 50.0 Å². The molecule has 30 heavy (non-hydrogen) atoms. The third-order valence-corrected chi connectivity index (χ3v) is 7.17. The number of fused-ring (bicyclic) bond motifs is 5. The van der Waals surface area contributed by atoms with Gasteiger partial charge in [-0.25, -0.2) is 13.1 Å². The van der Waals surface area contributed by atoms with Crippen molar-refractivity contribution in [2.75, 3.05) is 26.0 Å². The Morgan fingerprint density at radius 1 is 1.13 bits per heavy atom. The molecule has 3 heterocycles. The van der Waals surface area contributed by atoms with Gasteiger partial charge in [0.2, 0.25) is 10.0 Å². The van der Waals surface area contributed by atoms with E-state index in [4.69, 9.17) is 9.47 Å². The van der Waals surface area contributed by atoms with Gasteiger partial charge in [0.15, 0.2) is 0 Å². The minimum Gasteiger partial charge on any atom is -0.431 e. The number of sulfonamides is 1. The fourth-order valence-electron chi connectivity index (χ4n) is 5.07. The van der Waals surface area contributed by atoms with Crippen molar-refractivity contribution in [3.8, 4) is 5.75 Å². The molecule has 9 heteroatoms. The summed E-state index contributed by atoms with van der Waals surface area (Å²) in [6, 6.07) is 6.16. The van der Waals surface area contributed by atoms with Gasteiger partial charge in [-0.05, 0) is 62.6 Å². The molecule has 5 rings (SSSR count). The zero-order valence-electron chi connectivity index (χ0n) is 17.2. The number of para-hydroxylation sites is 1. The largest absolute Gasteiger partial charge is 0.431 e. The number of hydrogen-bond acceptors (Lipinski definition) is 5. The number of alkyl halides is 2. The van der Waals surface area contributed by atoms with Crippen LogP contribution in [0.4, 0.5) is 8.78 Å². The van der Waals surface area contributed by atoms with Crippen molar-refractivity contribution < 1.29 is 26.7 Å². The van der Waals surface area contributed by atoms with Crippen LogP contribution in [0.25, 0.3) is 0 Å². The summed E-state index contributed by atoms with van der Waals surface area (Å²) in [6.07, 6.45) is 2.42. The molecule has 0 unspecified atom stereocenters. The number of hydrogen-bond donors (Lipinski definition) is 1. The number of benzene rings is 1. The Kier molecular flexibility index (Phi) is 6.35. The van der Waals surface area contributed by atoms with Crippen LogP contribution in [0.2, 0.25) is 0 Å². The monoisotopic (exact) mass is 444 g/mol. The van der Waals surface area contributed by atoms with Gasteiger partial charge in [-0.15, -0.1) is 0 Å². The van der Waals surface area contributed by atoms with Crippen molar-refractivity contribution >= 4 is 10.0 Å². The van der Waals surface area contributed by atoms with Gasteiger partial charge in [0, 0.05) is 12.1 Å². The van der Waals surface area contributed by atoms with E-state index in [0.717, 1.165) is 37.5 Å². The van der Waals surface area contributed by atoms with Crippen LogP contribution in [0, 0.1) is 0 Å². The van der Waals surface area contributed by atoms with Gasteiger partial charge in [0.25, 0.3) is 0 Å². The molecule has 4 aliphatic rings. The number of halogens is 2. The van der Waals surface area contributed by atoms with Crippen LogP contribution in [0.3, 0.4) is 0 Å². The molecule has 2 atom stereocenters. The second-order valence-corrected chi connectivity index (χ2v) is 10.5. The van der Waals surface area contributed by atoms with Crippen molar-refractivity contribution in [2.24, 2.45) is 0 Å². The van der Waals surface area contributed by atoms with Crippen LogP contribution in [0.5, 0.6) is 5.75 Å². The lowest BCUT2D eigenvalue weighted by Crippen LogP contribution is -2.59. The molecule has 0 aromatic heterocycles. The summed E-state index contributed by atoms with van der Waals surface area (Å²) in [6.45, 7) is 0.0715. The summed E-state index contributed by atoms with van der Waals surface area (Å²) in [5, 5.41) is 0. The van der Waals surface area contributed by atoms with Gasteiger partial charge in [-0.3, -0.25) is 4.90 Å². The van der Waals surface area contributed by atoms with Crippen molar-refractivity contribution in [1.29, 1.82) is 0 Å². The van der Waals surface area contributed by atoms with E-state index in [2.05, 4.69) is 4.72 Å². The maximum Gasteiger partial charge on any atom is 0.410 e. The molecule has 1 aliphatic carbocycles. The smallest absolute Gasteiger partial charge is 0.410 e. The Hall–Kier alpha value is -1.29. The van der Waals surface area contributed by atoms with E-state index in [0.29, 0.717) is 19.4 Å². The summed E-state index contributed by atoms with van der Waals surface area (Å²) in [7, 11) is -3.46. The quantitative estimate of drug-likeness (QED) is 0.759. The van der Waals surface area contributed by atoms with Gasteiger partial charge in [-0.1, -0.05) is 18.2 Å². The van der Waals surface area contributed by atoms with E-state index in [1.54, 1.807) is 17.0 Å². The van der Waals surface area contributed by atoms with Crippen LogP contribution >= 0.6 is 0 Å². The van der Waals surface area contributed by atoms with Crippen LogP contribution in [-0.2, 0) is 14.8 Å². The maximum absolute atomic E-state index is 15.0. The lowest BCUT2D eigenvalue weighted by Gasteiger charge is -2.42. The first-order chi connectivity index (χ1) is 14.2. The zero-order valence-corrected chi connectivity index (χ0v) is 18.0. The standard InChI is InChI=1S/C21H30F2N2O4S/c1-30(26,27)24-18-6-4-12-25-14-21(22,23)29-20-7-3-2-5-17(20)15-8-10-16(11-9-15)28-13-19(18)25/h2-3,5,7,15-16,18-19,24H,4,6,8-14H2,1H3/t15?,16?,18-,19-/m0/s1. The molecule has 6 nitrogen and oxygen atoms in total. The van der Waals surface area contributed by atoms with Crippen molar-refractivity contribution in [3.05, 3.63) is 29.8 Å². The van der Waals surface area contributed by atoms with E-state index in [9.17, 15) is 8.42 Å². The molecular formula is C21H30F2N2O4S. The van der Waals surface area contributed by atoms with Crippen LogP contribution in [-0.4, -0.2) is 63.6 Å². The molecule has 2 fully saturated rings. The SMILES string of the molecule is CS(=O)(=O)N[C@H]1CCCN2CC(F)(F)Oc3ccccc3C3CCC(CC3)OC[C@@H]12. The summed E-state index contributed by atoms with van der Waals surface area (Å²) in [5.74, 6) is 0.422. The molecule has 0 radical (unpaired) electrons. The molecule has 3 aliphatic heterocycles. The molecule has 168 valence electrons. The first-order valence-corrected chi connectivity index (χ1v) is 12.6. The van der Waals surface area contributed by atoms with Gasteiger partial charge in [-0.2, -0.15) is 8.78 Å². The summed E-state index contributed by atoms with van der Waals surface area (Å²) in [4.78, 5) is 1.62. The number of nitrogens with zero attached hydrogens (tertiary/aromatic N) is 1. The lowest BCUT2D eigenvalue weighted by molar-refractivity contribution is -0.197. The predicted molar refractivity (Wildman–Crippen MR) is 109 cm³/mol. The molecule has 1 aromatic carbocycles. The highest BCUT2D eigenvalue weighted by molar-refractivity contribution is 7.88. The Labute approximate surface area is 177 Å². The topological polar surface area (TPSA) is 67.9 Å².